The maximum absolute atomic E-state index is 5.72. The van der Waals surface area contributed by atoms with Gasteiger partial charge in [-0.1, -0.05) is 103 Å². The van der Waals surface area contributed by atoms with Gasteiger partial charge in [-0.3, -0.25) is 19.9 Å². The quantitative estimate of drug-likeness (QED) is 0.142. The molecule has 0 radical (unpaired) electrons. The van der Waals surface area contributed by atoms with Gasteiger partial charge >= 0.3 is 0 Å². The molecule has 18 rings (SSSR count). The first-order valence-electron chi connectivity index (χ1n) is 27.5. The molecule has 0 saturated carbocycles. The average Bonchev–Trinajstić information content (AvgIpc) is 4.53. The van der Waals surface area contributed by atoms with Gasteiger partial charge in [0, 0.05) is 112 Å². The van der Waals surface area contributed by atoms with Crippen molar-refractivity contribution in [1.29, 1.82) is 0 Å². The molecule has 12 aromatic heterocycles. The number of nitrogens with zero attached hydrogens (tertiary/aromatic N) is 6. The number of benzene rings is 6. The van der Waals surface area contributed by atoms with E-state index in [-0.39, 0.29) is 0 Å². The molecule has 0 N–H and O–H groups in total. The largest absolute Gasteiger partial charge is 0.456 e. The number of aromatic nitrogens is 6. The Morgan fingerprint density at radius 2 is 0.738 bits per heavy atom. The van der Waals surface area contributed by atoms with E-state index >= 15 is 0 Å². The smallest absolute Gasteiger partial charge is 0.227 e. The number of hydrogen-bond donors (Lipinski definition) is 0. The molecule has 0 saturated heterocycles. The van der Waals surface area contributed by atoms with Crippen molar-refractivity contribution in [2.24, 2.45) is 0 Å². The van der Waals surface area contributed by atoms with Gasteiger partial charge in [0.25, 0.3) is 0 Å². The first-order chi connectivity index (χ1) is 41.1. The van der Waals surface area contributed by atoms with Crippen molar-refractivity contribution in [3.8, 4) is 0 Å². The van der Waals surface area contributed by atoms with Crippen LogP contribution < -0.4 is 0 Å². The first kappa shape index (κ1) is 52.4. The van der Waals surface area contributed by atoms with Crippen molar-refractivity contribution < 1.29 is 26.5 Å². The van der Waals surface area contributed by atoms with Gasteiger partial charge in [0.2, 0.25) is 5.71 Å². The fourth-order valence-corrected chi connectivity index (χ4v) is 10.5. The monoisotopic (exact) mass is 1100 g/mol. The molecule has 84 heavy (non-hydrogen) atoms. The highest BCUT2D eigenvalue weighted by atomic mass is 16.4. The Balaban J connectivity index is 0.0000000940. The molecule has 6 aromatic carbocycles. The molecule has 0 unspecified atom stereocenters. The molecule has 12 nitrogen and oxygen atoms in total. The van der Waals surface area contributed by atoms with Gasteiger partial charge < -0.3 is 26.5 Å². The lowest BCUT2D eigenvalue weighted by Gasteiger charge is -1.92. The fourth-order valence-electron chi connectivity index (χ4n) is 10.5. The molecular weight excluding hydrogens is 1040 g/mol. The van der Waals surface area contributed by atoms with E-state index in [1.165, 1.54) is 0 Å². The van der Waals surface area contributed by atoms with Crippen molar-refractivity contribution in [3.05, 3.63) is 253 Å². The van der Waals surface area contributed by atoms with Gasteiger partial charge in [-0.2, -0.15) is 0 Å². The highest BCUT2D eigenvalue weighted by Gasteiger charge is 2.12. The molecule has 0 amide bonds. The SMILES string of the molecule is Cc1cc2c(cn1)oc1ccccc12.Cc1cc2oc3ccccc3c2cn1.Cc1ccc2c(n1)oc1ccccc12.Cc1ccc2oc3ccccc3c2n1.Cc1nccc2c1oc1ccccc12.Cc1nccc2oc3ccccc3c12. The minimum absolute atomic E-state index is 0.728. The Morgan fingerprint density at radius 1 is 0.262 bits per heavy atom. The van der Waals surface area contributed by atoms with Crippen LogP contribution in [0.1, 0.15) is 34.2 Å². The zero-order valence-electron chi connectivity index (χ0n) is 46.9. The molecule has 0 fully saturated rings. The molecule has 0 aliphatic rings. The summed E-state index contributed by atoms with van der Waals surface area (Å²) in [6, 6.07) is 64.0. The number of pyridine rings is 6. The summed E-state index contributed by atoms with van der Waals surface area (Å²) in [6.45, 7) is 11.9. The zero-order valence-corrected chi connectivity index (χ0v) is 46.9. The third kappa shape index (κ3) is 10.4. The Morgan fingerprint density at radius 3 is 1.44 bits per heavy atom. The van der Waals surface area contributed by atoms with Crippen LogP contribution in [0.4, 0.5) is 0 Å². The maximum atomic E-state index is 5.72. The molecule has 12 heteroatoms. The molecule has 0 atom stereocenters. The topological polar surface area (TPSA) is 156 Å². The Kier molecular flexibility index (Phi) is 14.0. The van der Waals surface area contributed by atoms with Crippen LogP contribution in [0.25, 0.3) is 132 Å². The van der Waals surface area contributed by atoms with E-state index in [1.54, 1.807) is 12.4 Å². The van der Waals surface area contributed by atoms with E-state index in [2.05, 4.69) is 72.4 Å². The summed E-state index contributed by atoms with van der Waals surface area (Å²) in [6.07, 6.45) is 7.25. The number of rotatable bonds is 0. The number of aryl methyl sites for hydroxylation is 6. The predicted molar refractivity (Wildman–Crippen MR) is 338 cm³/mol. The van der Waals surface area contributed by atoms with Crippen LogP contribution in [0.5, 0.6) is 0 Å². The van der Waals surface area contributed by atoms with Gasteiger partial charge in [0.05, 0.1) is 11.9 Å². The third-order valence-corrected chi connectivity index (χ3v) is 14.5. The number of fused-ring (bicyclic) bond motifs is 18. The standard InChI is InChI=1S/6C12H9NO/c1-8-6-12-10(7-13-8)9-4-2-3-5-11(9)14-12;1-8-6-10-9-4-2-3-5-11(9)14-12(10)7-13-8;1-8-12-10(6-7-13-8)9-4-2-3-5-11(9)14-12;1-8-12-9-4-2-3-5-10(9)14-11(12)6-7-13-8;1-8-6-7-10-9-4-2-3-5-11(9)14-12(10)13-8;1-8-6-7-11-12(13-8)9-4-2-3-5-10(9)14-11/h6*2-7H,1H3. The van der Waals surface area contributed by atoms with Crippen molar-refractivity contribution >= 4 is 132 Å². The second-order valence-electron chi connectivity index (χ2n) is 20.4. The lowest BCUT2D eigenvalue weighted by Crippen LogP contribution is -1.78. The maximum Gasteiger partial charge on any atom is 0.227 e. The molecule has 18 aromatic rings. The zero-order chi connectivity index (χ0) is 57.3. The van der Waals surface area contributed by atoms with E-state index < -0.39 is 0 Å². The summed E-state index contributed by atoms with van der Waals surface area (Å²) in [5.74, 6) is 0. The van der Waals surface area contributed by atoms with Gasteiger partial charge in [0.15, 0.2) is 16.7 Å². The van der Waals surface area contributed by atoms with Crippen LogP contribution >= 0.6 is 0 Å². The van der Waals surface area contributed by atoms with Crippen LogP contribution in [0, 0.1) is 41.5 Å². The molecular formula is C72H54N6O6. The van der Waals surface area contributed by atoms with Gasteiger partial charge in [0.1, 0.15) is 50.2 Å². The molecule has 0 aliphatic carbocycles. The Bertz CT molecular complexity index is 5130. The average molecular weight is 1100 g/mol. The first-order valence-corrected chi connectivity index (χ1v) is 27.5. The van der Waals surface area contributed by atoms with Crippen LogP contribution in [0.15, 0.2) is 245 Å². The highest BCUT2D eigenvalue weighted by molar-refractivity contribution is 6.08. The molecule has 0 bridgehead atoms. The van der Waals surface area contributed by atoms with Crippen molar-refractivity contribution in [2.45, 2.75) is 41.5 Å². The van der Waals surface area contributed by atoms with E-state index in [0.717, 1.165) is 166 Å². The summed E-state index contributed by atoms with van der Waals surface area (Å²) in [5, 5.41) is 12.4. The lowest BCUT2D eigenvalue weighted by molar-refractivity contribution is 0.652. The van der Waals surface area contributed by atoms with Crippen molar-refractivity contribution in [3.63, 3.8) is 0 Å². The number of furan rings is 6. The molecule has 12 heterocycles. The fraction of sp³-hybridized carbons (Fsp3) is 0.0833. The highest BCUT2D eigenvalue weighted by Crippen LogP contribution is 2.33. The Labute approximate surface area is 480 Å². The molecule has 408 valence electrons. The van der Waals surface area contributed by atoms with E-state index in [4.69, 9.17) is 26.5 Å². The molecule has 0 spiro atoms. The van der Waals surface area contributed by atoms with E-state index in [0.29, 0.717) is 0 Å². The second-order valence-corrected chi connectivity index (χ2v) is 20.4. The minimum atomic E-state index is 0.728. The second kappa shape index (κ2) is 22.5. The van der Waals surface area contributed by atoms with Crippen LogP contribution in [-0.4, -0.2) is 29.9 Å². The van der Waals surface area contributed by atoms with Gasteiger partial charge in [-0.05, 0) is 126 Å². The Hall–Kier alpha value is -11.0. The minimum Gasteiger partial charge on any atom is -0.456 e. The predicted octanol–water partition coefficient (Wildman–Crippen LogP) is 19.7. The summed E-state index contributed by atoms with van der Waals surface area (Å²) >= 11 is 0. The van der Waals surface area contributed by atoms with Crippen LogP contribution in [-0.2, 0) is 0 Å². The number of para-hydroxylation sites is 6. The van der Waals surface area contributed by atoms with Gasteiger partial charge in [-0.25, -0.2) is 9.97 Å². The van der Waals surface area contributed by atoms with E-state index in [1.807, 2.05) is 206 Å². The summed E-state index contributed by atoms with van der Waals surface area (Å²) in [5.41, 5.74) is 17.6. The third-order valence-electron chi connectivity index (χ3n) is 14.5. The van der Waals surface area contributed by atoms with E-state index in [9.17, 15) is 0 Å². The summed E-state index contributed by atoms with van der Waals surface area (Å²) in [4.78, 5) is 25.8. The van der Waals surface area contributed by atoms with Gasteiger partial charge in [-0.15, -0.1) is 0 Å². The van der Waals surface area contributed by atoms with Crippen molar-refractivity contribution in [1.82, 2.24) is 29.9 Å². The normalized spacial score (nSPS) is 11.2. The summed E-state index contributed by atoms with van der Waals surface area (Å²) in [7, 11) is 0. The van der Waals surface area contributed by atoms with Crippen LogP contribution in [0.3, 0.4) is 0 Å². The number of hydrogen-bond acceptors (Lipinski definition) is 12. The van der Waals surface area contributed by atoms with Crippen molar-refractivity contribution in [2.75, 3.05) is 0 Å². The molecule has 0 aliphatic heterocycles. The summed E-state index contributed by atoms with van der Waals surface area (Å²) < 4.78 is 34.0. The lowest BCUT2D eigenvalue weighted by atomic mass is 10.1. The van der Waals surface area contributed by atoms with Crippen LogP contribution in [0.2, 0.25) is 0 Å².